The first-order valence-electron chi connectivity index (χ1n) is 6.38. The van der Waals surface area contributed by atoms with Crippen molar-refractivity contribution in [2.45, 2.75) is 32.4 Å². The average Bonchev–Trinajstić information content (AvgIpc) is 3.07. The fraction of sp³-hybridized carbons (Fsp3) is 0.333. The molecule has 0 amide bonds. The lowest BCUT2D eigenvalue weighted by Gasteiger charge is -2.26. The van der Waals surface area contributed by atoms with Crippen LogP contribution in [0.4, 0.5) is 11.4 Å². The topological polar surface area (TPSA) is 29.3 Å². The van der Waals surface area contributed by atoms with Crippen molar-refractivity contribution < 1.29 is 0 Å². The van der Waals surface area contributed by atoms with Crippen LogP contribution in [0.2, 0.25) is 0 Å². The molecule has 1 saturated carbocycles. The molecule has 2 nitrogen and oxygen atoms in total. The van der Waals surface area contributed by atoms with Crippen LogP contribution < -0.4 is 10.6 Å². The quantitative estimate of drug-likeness (QED) is 0.845. The first kappa shape index (κ1) is 11.6. The second-order valence-electron chi connectivity index (χ2n) is 5.04. The van der Waals surface area contributed by atoms with Gasteiger partial charge in [-0.3, -0.25) is 0 Å². The molecule has 1 aliphatic rings. The third-order valence-corrected chi connectivity index (χ3v) is 4.20. The Morgan fingerprint density at radius 1 is 1.33 bits per heavy atom. The maximum Gasteiger partial charge on any atom is 0.0440 e. The largest absolute Gasteiger partial charge is 0.399 e. The van der Waals surface area contributed by atoms with E-state index in [0.717, 1.165) is 12.2 Å². The fourth-order valence-electron chi connectivity index (χ4n) is 2.31. The van der Waals surface area contributed by atoms with Crippen molar-refractivity contribution in [1.29, 1.82) is 0 Å². The SMILES string of the molecule is Cc1ccc(N)cc1N(Cc1ccsc1)C1CC1. The molecule has 1 aliphatic carbocycles. The Balaban J connectivity index is 1.91. The Hall–Kier alpha value is -1.48. The van der Waals surface area contributed by atoms with Crippen LogP contribution in [0.25, 0.3) is 0 Å². The number of nitrogens with zero attached hydrogens (tertiary/aromatic N) is 1. The van der Waals surface area contributed by atoms with Gasteiger partial charge in [-0.25, -0.2) is 0 Å². The molecule has 0 bridgehead atoms. The van der Waals surface area contributed by atoms with E-state index >= 15 is 0 Å². The van der Waals surface area contributed by atoms with Gasteiger partial charge in [0.15, 0.2) is 0 Å². The molecular weight excluding hydrogens is 240 g/mol. The van der Waals surface area contributed by atoms with Gasteiger partial charge in [-0.15, -0.1) is 0 Å². The third kappa shape index (κ3) is 2.36. The normalized spacial score (nSPS) is 14.7. The number of benzene rings is 1. The molecular formula is C15H18N2S. The summed E-state index contributed by atoms with van der Waals surface area (Å²) in [7, 11) is 0. The molecule has 1 heterocycles. The monoisotopic (exact) mass is 258 g/mol. The van der Waals surface area contributed by atoms with Gasteiger partial charge in [0.25, 0.3) is 0 Å². The van der Waals surface area contributed by atoms with E-state index in [0.29, 0.717) is 6.04 Å². The molecule has 1 aromatic carbocycles. The lowest BCUT2D eigenvalue weighted by molar-refractivity contribution is 0.793. The number of thiophene rings is 1. The second-order valence-corrected chi connectivity index (χ2v) is 5.82. The minimum atomic E-state index is 0.699. The van der Waals surface area contributed by atoms with E-state index < -0.39 is 0 Å². The van der Waals surface area contributed by atoms with E-state index in [9.17, 15) is 0 Å². The van der Waals surface area contributed by atoms with Gasteiger partial charge in [0, 0.05) is 24.0 Å². The summed E-state index contributed by atoms with van der Waals surface area (Å²) in [6, 6.07) is 9.12. The summed E-state index contributed by atoms with van der Waals surface area (Å²) in [4.78, 5) is 2.51. The van der Waals surface area contributed by atoms with Crippen molar-refractivity contribution in [3.05, 3.63) is 46.2 Å². The summed E-state index contributed by atoms with van der Waals surface area (Å²) in [5, 5.41) is 4.38. The molecule has 18 heavy (non-hydrogen) atoms. The van der Waals surface area contributed by atoms with E-state index in [1.54, 1.807) is 11.3 Å². The summed E-state index contributed by atoms with van der Waals surface area (Å²) in [6.07, 6.45) is 2.61. The summed E-state index contributed by atoms with van der Waals surface area (Å²) in [5.41, 5.74) is 10.8. The maximum atomic E-state index is 5.93. The molecule has 0 atom stereocenters. The second kappa shape index (κ2) is 4.65. The van der Waals surface area contributed by atoms with Gasteiger partial charge >= 0.3 is 0 Å². The van der Waals surface area contributed by atoms with E-state index in [1.807, 2.05) is 6.07 Å². The van der Waals surface area contributed by atoms with Crippen molar-refractivity contribution in [1.82, 2.24) is 0 Å². The highest BCUT2D eigenvalue weighted by Crippen LogP contribution is 2.35. The first-order chi connectivity index (χ1) is 8.74. The molecule has 1 fully saturated rings. The zero-order chi connectivity index (χ0) is 12.5. The van der Waals surface area contributed by atoms with Gasteiger partial charge < -0.3 is 10.6 Å². The highest BCUT2D eigenvalue weighted by molar-refractivity contribution is 7.07. The van der Waals surface area contributed by atoms with Gasteiger partial charge in [0.1, 0.15) is 0 Å². The van der Waals surface area contributed by atoms with Crippen molar-refractivity contribution in [3.63, 3.8) is 0 Å². The number of aryl methyl sites for hydroxylation is 1. The summed E-state index contributed by atoms with van der Waals surface area (Å²) in [6.45, 7) is 3.16. The van der Waals surface area contributed by atoms with Crippen LogP contribution in [0.15, 0.2) is 35.0 Å². The Labute approximate surface area is 112 Å². The molecule has 3 rings (SSSR count). The minimum Gasteiger partial charge on any atom is -0.399 e. The lowest BCUT2D eigenvalue weighted by atomic mass is 10.1. The van der Waals surface area contributed by atoms with Crippen LogP contribution in [-0.4, -0.2) is 6.04 Å². The van der Waals surface area contributed by atoms with E-state index in [4.69, 9.17) is 5.73 Å². The molecule has 0 spiro atoms. The van der Waals surface area contributed by atoms with Gasteiger partial charge in [-0.05, 0) is 59.9 Å². The van der Waals surface area contributed by atoms with E-state index in [1.165, 1.54) is 29.7 Å². The van der Waals surface area contributed by atoms with Crippen molar-refractivity contribution in [3.8, 4) is 0 Å². The molecule has 2 N–H and O–H groups in total. The molecule has 94 valence electrons. The highest BCUT2D eigenvalue weighted by atomic mass is 32.1. The number of nitrogen functional groups attached to an aromatic ring is 1. The third-order valence-electron chi connectivity index (χ3n) is 3.46. The molecule has 0 saturated heterocycles. The number of nitrogens with two attached hydrogens (primary N) is 1. The molecule has 3 heteroatoms. The number of hydrogen-bond donors (Lipinski definition) is 1. The van der Waals surface area contributed by atoms with Crippen LogP contribution in [0.5, 0.6) is 0 Å². The molecule has 0 radical (unpaired) electrons. The molecule has 0 unspecified atom stereocenters. The standard InChI is InChI=1S/C15H18N2S/c1-11-2-3-13(16)8-15(11)17(14-4-5-14)9-12-6-7-18-10-12/h2-3,6-8,10,14H,4-5,9,16H2,1H3. The Morgan fingerprint density at radius 3 is 2.83 bits per heavy atom. The predicted octanol–water partition coefficient (Wildman–Crippen LogP) is 3.81. The summed E-state index contributed by atoms with van der Waals surface area (Å²) in [5.74, 6) is 0. The summed E-state index contributed by atoms with van der Waals surface area (Å²) < 4.78 is 0. The van der Waals surface area contributed by atoms with Crippen LogP contribution in [0, 0.1) is 6.92 Å². The van der Waals surface area contributed by atoms with Crippen molar-refractivity contribution in [2.75, 3.05) is 10.6 Å². The molecule has 0 aliphatic heterocycles. The zero-order valence-corrected chi connectivity index (χ0v) is 11.4. The highest BCUT2D eigenvalue weighted by Gasteiger charge is 2.30. The van der Waals surface area contributed by atoms with Gasteiger partial charge in [-0.2, -0.15) is 11.3 Å². The first-order valence-corrected chi connectivity index (χ1v) is 7.32. The van der Waals surface area contributed by atoms with Gasteiger partial charge in [-0.1, -0.05) is 6.07 Å². The Bertz CT molecular complexity index is 529. The molecule has 1 aromatic heterocycles. The van der Waals surface area contributed by atoms with Crippen molar-refractivity contribution in [2.24, 2.45) is 0 Å². The summed E-state index contributed by atoms with van der Waals surface area (Å²) >= 11 is 1.76. The molecule has 2 aromatic rings. The van der Waals surface area contributed by atoms with Gasteiger partial charge in [0.05, 0.1) is 0 Å². The minimum absolute atomic E-state index is 0.699. The van der Waals surface area contributed by atoms with Crippen LogP contribution in [-0.2, 0) is 6.54 Å². The van der Waals surface area contributed by atoms with Crippen LogP contribution >= 0.6 is 11.3 Å². The van der Waals surface area contributed by atoms with Gasteiger partial charge in [0.2, 0.25) is 0 Å². The fourth-order valence-corrected chi connectivity index (χ4v) is 2.97. The number of hydrogen-bond acceptors (Lipinski definition) is 3. The Kier molecular flexibility index (Phi) is 3.00. The maximum absolute atomic E-state index is 5.93. The van der Waals surface area contributed by atoms with Crippen LogP contribution in [0.1, 0.15) is 24.0 Å². The van der Waals surface area contributed by atoms with Crippen molar-refractivity contribution >= 4 is 22.7 Å². The van der Waals surface area contributed by atoms with E-state index in [-0.39, 0.29) is 0 Å². The zero-order valence-electron chi connectivity index (χ0n) is 10.6. The Morgan fingerprint density at radius 2 is 2.17 bits per heavy atom. The smallest absolute Gasteiger partial charge is 0.0440 e. The number of rotatable bonds is 4. The average molecular weight is 258 g/mol. The van der Waals surface area contributed by atoms with E-state index in [2.05, 4.69) is 40.8 Å². The van der Waals surface area contributed by atoms with Crippen LogP contribution in [0.3, 0.4) is 0 Å². The number of anilines is 2. The lowest BCUT2D eigenvalue weighted by Crippen LogP contribution is -2.25. The predicted molar refractivity (Wildman–Crippen MR) is 79.1 cm³/mol.